The third-order valence-electron chi connectivity index (χ3n) is 2.68. The molecule has 1 amide bonds. The molecule has 0 atom stereocenters. The number of hydrogen-bond acceptors (Lipinski definition) is 3. The smallest absolute Gasteiger partial charge is 0.236 e. The van der Waals surface area contributed by atoms with E-state index in [-0.39, 0.29) is 12.5 Å². The van der Waals surface area contributed by atoms with Gasteiger partial charge in [-0.15, -0.1) is 0 Å². The molecule has 0 saturated carbocycles. The molecule has 17 heavy (non-hydrogen) atoms. The molecule has 0 radical (unpaired) electrons. The number of nitrogens with two attached hydrogens (primary N) is 1. The molecule has 0 fully saturated rings. The summed E-state index contributed by atoms with van der Waals surface area (Å²) in [5.74, 6) is 0.830. The molecular weight excluding hydrogens is 216 g/mol. The molecule has 0 spiro atoms. The Morgan fingerprint density at radius 2 is 1.94 bits per heavy atom. The van der Waals surface area contributed by atoms with Crippen LogP contribution in [-0.4, -0.2) is 37.6 Å². The van der Waals surface area contributed by atoms with E-state index in [1.807, 2.05) is 32.0 Å². The van der Waals surface area contributed by atoms with Crippen molar-refractivity contribution in [1.82, 2.24) is 4.90 Å². The summed E-state index contributed by atoms with van der Waals surface area (Å²) in [4.78, 5) is 12.8. The second-order valence-electron chi connectivity index (χ2n) is 4.09. The van der Waals surface area contributed by atoms with Crippen LogP contribution >= 0.6 is 0 Å². The molecule has 0 heterocycles. The van der Waals surface area contributed by atoms with Gasteiger partial charge in [-0.1, -0.05) is 18.2 Å². The Morgan fingerprint density at radius 3 is 2.47 bits per heavy atom. The van der Waals surface area contributed by atoms with Crippen LogP contribution in [0.2, 0.25) is 0 Å². The quantitative estimate of drug-likeness (QED) is 0.833. The zero-order valence-electron chi connectivity index (χ0n) is 10.7. The van der Waals surface area contributed by atoms with Crippen molar-refractivity contribution in [3.63, 3.8) is 0 Å². The van der Waals surface area contributed by atoms with E-state index in [1.165, 1.54) is 0 Å². The lowest BCUT2D eigenvalue weighted by atomic mass is 10.1. The molecule has 0 bridgehead atoms. The van der Waals surface area contributed by atoms with Crippen LogP contribution in [0.25, 0.3) is 0 Å². The van der Waals surface area contributed by atoms with E-state index in [4.69, 9.17) is 10.5 Å². The van der Waals surface area contributed by atoms with Crippen LogP contribution in [0.3, 0.4) is 0 Å². The van der Waals surface area contributed by atoms with Crippen molar-refractivity contribution in [3.05, 3.63) is 29.3 Å². The lowest BCUT2D eigenvalue weighted by molar-refractivity contribution is -0.128. The number of likely N-dealkylation sites (N-methyl/N-ethyl adjacent to an activating group) is 1. The fraction of sp³-hybridized carbons (Fsp3) is 0.462. The maximum absolute atomic E-state index is 11.2. The number of ether oxygens (including phenoxy) is 1. The van der Waals surface area contributed by atoms with Gasteiger partial charge in [0.1, 0.15) is 12.4 Å². The summed E-state index contributed by atoms with van der Waals surface area (Å²) in [7, 11) is 1.73. The number of aryl methyl sites for hydroxylation is 2. The fourth-order valence-electron chi connectivity index (χ4n) is 1.59. The highest BCUT2D eigenvalue weighted by Crippen LogP contribution is 2.21. The monoisotopic (exact) mass is 236 g/mol. The van der Waals surface area contributed by atoms with Gasteiger partial charge in [0, 0.05) is 7.05 Å². The minimum absolute atomic E-state index is 0.0416. The second kappa shape index (κ2) is 6.25. The SMILES string of the molecule is Cc1cccc(C)c1OCCN(C)C(=O)CN. The summed E-state index contributed by atoms with van der Waals surface area (Å²) in [5.41, 5.74) is 7.49. The minimum atomic E-state index is -0.0740. The molecule has 2 N–H and O–H groups in total. The topological polar surface area (TPSA) is 55.6 Å². The first-order valence-corrected chi connectivity index (χ1v) is 5.69. The molecule has 0 saturated heterocycles. The predicted octanol–water partition coefficient (Wildman–Crippen LogP) is 1.10. The summed E-state index contributed by atoms with van der Waals surface area (Å²) >= 11 is 0. The number of carbonyl (C=O) groups excluding carboxylic acids is 1. The van der Waals surface area contributed by atoms with E-state index in [0.29, 0.717) is 13.2 Å². The van der Waals surface area contributed by atoms with E-state index < -0.39 is 0 Å². The van der Waals surface area contributed by atoms with Crippen LogP contribution in [-0.2, 0) is 4.79 Å². The zero-order valence-corrected chi connectivity index (χ0v) is 10.7. The maximum Gasteiger partial charge on any atom is 0.236 e. The van der Waals surface area contributed by atoms with E-state index in [1.54, 1.807) is 11.9 Å². The van der Waals surface area contributed by atoms with Crippen molar-refractivity contribution >= 4 is 5.91 Å². The number of amides is 1. The molecule has 4 nitrogen and oxygen atoms in total. The fourth-order valence-corrected chi connectivity index (χ4v) is 1.59. The van der Waals surface area contributed by atoms with Gasteiger partial charge in [0.2, 0.25) is 5.91 Å². The van der Waals surface area contributed by atoms with Gasteiger partial charge in [-0.3, -0.25) is 4.79 Å². The Balaban J connectivity index is 2.49. The summed E-state index contributed by atoms with van der Waals surface area (Å²) in [6.07, 6.45) is 0. The van der Waals surface area contributed by atoms with Crippen LogP contribution < -0.4 is 10.5 Å². The van der Waals surface area contributed by atoms with Gasteiger partial charge in [0.05, 0.1) is 13.1 Å². The summed E-state index contributed by atoms with van der Waals surface area (Å²) in [5, 5.41) is 0. The third kappa shape index (κ3) is 3.75. The summed E-state index contributed by atoms with van der Waals surface area (Å²) in [6.45, 7) is 5.09. The molecular formula is C13H20N2O2. The van der Waals surface area contributed by atoms with Gasteiger partial charge in [-0.25, -0.2) is 0 Å². The maximum atomic E-state index is 11.2. The van der Waals surface area contributed by atoms with Gasteiger partial charge in [0.15, 0.2) is 0 Å². The predicted molar refractivity (Wildman–Crippen MR) is 68.1 cm³/mol. The third-order valence-corrected chi connectivity index (χ3v) is 2.68. The van der Waals surface area contributed by atoms with Gasteiger partial charge in [0.25, 0.3) is 0 Å². The standard InChI is InChI=1S/C13H20N2O2/c1-10-5-4-6-11(2)13(10)17-8-7-15(3)12(16)9-14/h4-6H,7-9,14H2,1-3H3. The summed E-state index contributed by atoms with van der Waals surface area (Å²) in [6, 6.07) is 6.02. The van der Waals surface area contributed by atoms with Crippen LogP contribution in [0.4, 0.5) is 0 Å². The zero-order chi connectivity index (χ0) is 12.8. The van der Waals surface area contributed by atoms with E-state index >= 15 is 0 Å². The van der Waals surface area contributed by atoms with Crippen molar-refractivity contribution < 1.29 is 9.53 Å². The molecule has 0 aliphatic heterocycles. The lowest BCUT2D eigenvalue weighted by Crippen LogP contribution is -2.35. The molecule has 0 unspecified atom stereocenters. The summed E-state index contributed by atoms with van der Waals surface area (Å²) < 4.78 is 5.70. The molecule has 0 aliphatic carbocycles. The Bertz CT molecular complexity index is 371. The van der Waals surface area contributed by atoms with Gasteiger partial charge in [-0.2, -0.15) is 0 Å². The van der Waals surface area contributed by atoms with E-state index in [0.717, 1.165) is 16.9 Å². The van der Waals surface area contributed by atoms with Gasteiger partial charge in [-0.05, 0) is 25.0 Å². The first-order chi connectivity index (χ1) is 8.06. The van der Waals surface area contributed by atoms with Crippen molar-refractivity contribution in [2.24, 2.45) is 5.73 Å². The average molecular weight is 236 g/mol. The molecule has 0 aliphatic rings. The number of benzene rings is 1. The largest absolute Gasteiger partial charge is 0.491 e. The number of hydrogen-bond donors (Lipinski definition) is 1. The molecule has 1 rings (SSSR count). The van der Waals surface area contributed by atoms with Gasteiger partial charge >= 0.3 is 0 Å². The van der Waals surface area contributed by atoms with Gasteiger partial charge < -0.3 is 15.4 Å². The lowest BCUT2D eigenvalue weighted by Gasteiger charge is -2.18. The average Bonchev–Trinajstić information content (AvgIpc) is 2.31. The van der Waals surface area contributed by atoms with Crippen molar-refractivity contribution in [3.8, 4) is 5.75 Å². The van der Waals surface area contributed by atoms with Crippen LogP contribution in [0.1, 0.15) is 11.1 Å². The second-order valence-corrected chi connectivity index (χ2v) is 4.09. The van der Waals surface area contributed by atoms with E-state index in [9.17, 15) is 4.79 Å². The molecule has 4 heteroatoms. The molecule has 0 aromatic heterocycles. The molecule has 1 aromatic rings. The first kappa shape index (κ1) is 13.5. The molecule has 94 valence electrons. The highest BCUT2D eigenvalue weighted by Gasteiger charge is 2.07. The van der Waals surface area contributed by atoms with Crippen LogP contribution in [0, 0.1) is 13.8 Å². The molecule has 1 aromatic carbocycles. The highest BCUT2D eigenvalue weighted by molar-refractivity contribution is 5.77. The van der Waals surface area contributed by atoms with Crippen molar-refractivity contribution in [2.45, 2.75) is 13.8 Å². The Kier molecular flexibility index (Phi) is 4.97. The van der Waals surface area contributed by atoms with Crippen LogP contribution in [0.5, 0.6) is 5.75 Å². The van der Waals surface area contributed by atoms with Crippen LogP contribution in [0.15, 0.2) is 18.2 Å². The number of nitrogens with zero attached hydrogens (tertiary/aromatic N) is 1. The number of para-hydroxylation sites is 1. The number of rotatable bonds is 5. The van der Waals surface area contributed by atoms with E-state index in [2.05, 4.69) is 0 Å². The highest BCUT2D eigenvalue weighted by atomic mass is 16.5. The minimum Gasteiger partial charge on any atom is -0.491 e. The Labute approximate surface area is 102 Å². The number of carbonyl (C=O) groups is 1. The normalized spacial score (nSPS) is 10.1. The Hall–Kier alpha value is -1.55. The van der Waals surface area contributed by atoms with Crippen molar-refractivity contribution in [1.29, 1.82) is 0 Å². The van der Waals surface area contributed by atoms with Crippen molar-refractivity contribution in [2.75, 3.05) is 26.7 Å². The Morgan fingerprint density at radius 1 is 1.35 bits per heavy atom. The first-order valence-electron chi connectivity index (χ1n) is 5.69.